The number of likely N-dealkylation sites (N-methyl/N-ethyl adjacent to an activating group) is 1. The molecule has 0 fully saturated rings. The highest BCUT2D eigenvalue weighted by Gasteiger charge is 2.09. The zero-order valence-electron chi connectivity index (χ0n) is 13.2. The van der Waals surface area contributed by atoms with Crippen molar-refractivity contribution in [2.45, 2.75) is 13.0 Å². The number of aromatic nitrogens is 4. The maximum absolute atomic E-state index is 12.0. The van der Waals surface area contributed by atoms with Gasteiger partial charge in [-0.3, -0.25) is 9.69 Å². The summed E-state index contributed by atoms with van der Waals surface area (Å²) in [7, 11) is 2.01. The molecule has 0 unspecified atom stereocenters. The van der Waals surface area contributed by atoms with Crippen LogP contribution in [0.15, 0.2) is 40.5 Å². The van der Waals surface area contributed by atoms with Crippen LogP contribution in [-0.2, 0) is 13.0 Å². The third-order valence-corrected chi connectivity index (χ3v) is 4.85. The molecule has 6 nitrogen and oxygen atoms in total. The van der Waals surface area contributed by atoms with Crippen molar-refractivity contribution < 1.29 is 0 Å². The predicted octanol–water partition coefficient (Wildman–Crippen LogP) is 2.54. The molecule has 0 radical (unpaired) electrons. The molecule has 122 valence electrons. The average molecular weight is 339 g/mol. The first-order valence-corrected chi connectivity index (χ1v) is 8.65. The van der Waals surface area contributed by atoms with Crippen LogP contribution in [0.4, 0.5) is 0 Å². The van der Waals surface area contributed by atoms with Gasteiger partial charge in [-0.05, 0) is 30.6 Å². The molecule has 4 rings (SSSR count). The molecule has 1 aromatic carbocycles. The number of nitrogens with zero attached hydrogens (tertiary/aromatic N) is 3. The van der Waals surface area contributed by atoms with Gasteiger partial charge in [-0.2, -0.15) is 0 Å². The van der Waals surface area contributed by atoms with Crippen molar-refractivity contribution in [1.29, 1.82) is 0 Å². The van der Waals surface area contributed by atoms with Crippen molar-refractivity contribution >= 4 is 32.6 Å². The van der Waals surface area contributed by atoms with Crippen molar-refractivity contribution in [3.05, 3.63) is 57.7 Å². The van der Waals surface area contributed by atoms with Crippen molar-refractivity contribution in [3.63, 3.8) is 0 Å². The number of fused-ring (bicyclic) bond motifs is 2. The highest BCUT2D eigenvalue weighted by Crippen LogP contribution is 2.14. The molecule has 0 saturated carbocycles. The minimum absolute atomic E-state index is 0.0596. The minimum Gasteiger partial charge on any atom is -0.342 e. The van der Waals surface area contributed by atoms with E-state index in [1.165, 1.54) is 11.3 Å². The van der Waals surface area contributed by atoms with Crippen molar-refractivity contribution in [2.24, 2.45) is 0 Å². The number of hydrogen-bond acceptors (Lipinski definition) is 5. The zero-order valence-corrected chi connectivity index (χ0v) is 14.1. The summed E-state index contributed by atoms with van der Waals surface area (Å²) < 4.78 is 0.684. The molecule has 0 amide bonds. The van der Waals surface area contributed by atoms with Crippen LogP contribution in [0.5, 0.6) is 0 Å². The lowest BCUT2D eigenvalue weighted by Gasteiger charge is -2.14. The SMILES string of the molecule is CN(CCc1nc2ccccc2[nH]1)Cc1nc2ccsc2c(=O)[nH]1. The number of thiophene rings is 1. The molecule has 7 heteroatoms. The Morgan fingerprint density at radius 2 is 1.92 bits per heavy atom. The van der Waals surface area contributed by atoms with Crippen LogP contribution >= 0.6 is 11.3 Å². The van der Waals surface area contributed by atoms with Gasteiger partial charge < -0.3 is 9.97 Å². The Hall–Kier alpha value is -2.51. The summed E-state index contributed by atoms with van der Waals surface area (Å²) in [6, 6.07) is 9.90. The van der Waals surface area contributed by atoms with E-state index in [1.807, 2.05) is 42.8 Å². The van der Waals surface area contributed by atoms with E-state index in [0.29, 0.717) is 17.1 Å². The third kappa shape index (κ3) is 2.95. The van der Waals surface area contributed by atoms with Crippen LogP contribution in [0.1, 0.15) is 11.6 Å². The Kier molecular flexibility index (Phi) is 3.87. The molecule has 0 aliphatic carbocycles. The number of H-pyrrole nitrogens is 2. The van der Waals surface area contributed by atoms with Gasteiger partial charge in [-0.15, -0.1) is 11.3 Å². The molecule has 4 aromatic rings. The quantitative estimate of drug-likeness (QED) is 0.586. The number of aromatic amines is 2. The van der Waals surface area contributed by atoms with E-state index in [9.17, 15) is 4.79 Å². The van der Waals surface area contributed by atoms with Gasteiger partial charge in [0.1, 0.15) is 16.3 Å². The van der Waals surface area contributed by atoms with E-state index < -0.39 is 0 Å². The number of para-hydroxylation sites is 2. The van der Waals surface area contributed by atoms with Crippen LogP contribution in [0.3, 0.4) is 0 Å². The van der Waals surface area contributed by atoms with Crippen LogP contribution < -0.4 is 5.56 Å². The monoisotopic (exact) mass is 339 g/mol. The molecule has 3 heterocycles. The number of nitrogens with one attached hydrogen (secondary N) is 2. The summed E-state index contributed by atoms with van der Waals surface area (Å²) in [6.45, 7) is 1.42. The molecule has 0 bridgehead atoms. The van der Waals surface area contributed by atoms with Gasteiger partial charge in [-0.1, -0.05) is 12.1 Å². The molecular formula is C17H17N5OS. The number of imidazole rings is 1. The second-order valence-electron chi connectivity index (χ2n) is 5.84. The molecule has 0 spiro atoms. The normalized spacial score (nSPS) is 11.8. The Balaban J connectivity index is 1.43. The number of benzene rings is 1. The first-order chi connectivity index (χ1) is 11.7. The second-order valence-corrected chi connectivity index (χ2v) is 6.75. The average Bonchev–Trinajstić information content (AvgIpc) is 3.19. The maximum Gasteiger partial charge on any atom is 0.268 e. The lowest BCUT2D eigenvalue weighted by molar-refractivity contribution is 0.320. The summed E-state index contributed by atoms with van der Waals surface area (Å²) >= 11 is 1.42. The smallest absolute Gasteiger partial charge is 0.268 e. The van der Waals surface area contributed by atoms with Crippen LogP contribution in [0.2, 0.25) is 0 Å². The van der Waals surface area contributed by atoms with E-state index in [4.69, 9.17) is 0 Å². The molecule has 3 aromatic heterocycles. The molecule has 0 atom stereocenters. The van der Waals surface area contributed by atoms with Gasteiger partial charge in [0.25, 0.3) is 5.56 Å². The van der Waals surface area contributed by atoms with Crippen molar-refractivity contribution in [3.8, 4) is 0 Å². The molecular weight excluding hydrogens is 322 g/mol. The van der Waals surface area contributed by atoms with E-state index in [-0.39, 0.29) is 5.56 Å². The van der Waals surface area contributed by atoms with Crippen molar-refractivity contribution in [1.82, 2.24) is 24.8 Å². The van der Waals surface area contributed by atoms with Gasteiger partial charge in [0.15, 0.2) is 0 Å². The Morgan fingerprint density at radius 1 is 1.08 bits per heavy atom. The van der Waals surface area contributed by atoms with E-state index in [2.05, 4.69) is 24.8 Å². The largest absolute Gasteiger partial charge is 0.342 e. The standard InChI is InChI=1S/C17H17N5OS/c1-22(8-6-14-18-11-4-2-3-5-12(11)19-14)10-15-20-13-7-9-24-16(13)17(23)21-15/h2-5,7,9H,6,8,10H2,1H3,(H,18,19)(H,20,21,23). The summed E-state index contributed by atoms with van der Waals surface area (Å²) in [4.78, 5) is 29.4. The Bertz CT molecular complexity index is 1010. The topological polar surface area (TPSA) is 77.7 Å². The van der Waals surface area contributed by atoms with Crippen LogP contribution in [0, 0.1) is 0 Å². The Morgan fingerprint density at radius 3 is 2.79 bits per heavy atom. The molecule has 2 N–H and O–H groups in total. The molecule has 24 heavy (non-hydrogen) atoms. The minimum atomic E-state index is -0.0596. The zero-order chi connectivity index (χ0) is 16.5. The Labute approximate surface area is 142 Å². The number of rotatable bonds is 5. The first kappa shape index (κ1) is 15.0. The first-order valence-electron chi connectivity index (χ1n) is 7.77. The van der Waals surface area contributed by atoms with Crippen LogP contribution in [-0.4, -0.2) is 38.4 Å². The van der Waals surface area contributed by atoms with Gasteiger partial charge >= 0.3 is 0 Å². The number of hydrogen-bond donors (Lipinski definition) is 2. The fourth-order valence-corrected chi connectivity index (χ4v) is 3.48. The summed E-state index contributed by atoms with van der Waals surface area (Å²) in [5.41, 5.74) is 2.76. The summed E-state index contributed by atoms with van der Waals surface area (Å²) in [5, 5.41) is 1.89. The van der Waals surface area contributed by atoms with Gasteiger partial charge in [-0.25, -0.2) is 9.97 Å². The highest BCUT2D eigenvalue weighted by molar-refractivity contribution is 7.17. The fraction of sp³-hybridized carbons (Fsp3) is 0.235. The molecule has 0 aliphatic rings. The van der Waals surface area contributed by atoms with E-state index in [0.717, 1.165) is 35.3 Å². The molecule has 0 aliphatic heterocycles. The van der Waals surface area contributed by atoms with Crippen LogP contribution in [0.25, 0.3) is 21.3 Å². The fourth-order valence-electron chi connectivity index (χ4n) is 2.75. The van der Waals surface area contributed by atoms with E-state index in [1.54, 1.807) is 0 Å². The lowest BCUT2D eigenvalue weighted by atomic mass is 10.3. The summed E-state index contributed by atoms with van der Waals surface area (Å²) in [5.74, 6) is 1.66. The third-order valence-electron chi connectivity index (χ3n) is 3.95. The predicted molar refractivity (Wildman–Crippen MR) is 96.4 cm³/mol. The van der Waals surface area contributed by atoms with Gasteiger partial charge in [0.05, 0.1) is 23.1 Å². The van der Waals surface area contributed by atoms with E-state index >= 15 is 0 Å². The van der Waals surface area contributed by atoms with Crippen molar-refractivity contribution in [2.75, 3.05) is 13.6 Å². The highest BCUT2D eigenvalue weighted by atomic mass is 32.1. The summed E-state index contributed by atoms with van der Waals surface area (Å²) in [6.07, 6.45) is 0.816. The molecule has 0 saturated heterocycles. The lowest BCUT2D eigenvalue weighted by Crippen LogP contribution is -2.24. The van der Waals surface area contributed by atoms with Gasteiger partial charge in [0, 0.05) is 13.0 Å². The second kappa shape index (κ2) is 6.18. The maximum atomic E-state index is 12.0. The van der Waals surface area contributed by atoms with Gasteiger partial charge in [0.2, 0.25) is 0 Å².